The zero-order valence-corrected chi connectivity index (χ0v) is 15.6. The number of benzene rings is 1. The fourth-order valence-electron chi connectivity index (χ4n) is 2.84. The predicted octanol–water partition coefficient (Wildman–Crippen LogP) is 3.87. The number of anilines is 1. The summed E-state index contributed by atoms with van der Waals surface area (Å²) in [5, 5.41) is 2.77. The van der Waals surface area contributed by atoms with E-state index in [2.05, 4.69) is 12.2 Å². The third kappa shape index (κ3) is 4.29. The molecule has 5 nitrogen and oxygen atoms in total. The zero-order chi connectivity index (χ0) is 18.6. The van der Waals surface area contributed by atoms with E-state index in [0.29, 0.717) is 11.3 Å². The van der Waals surface area contributed by atoms with Crippen LogP contribution in [0.4, 0.5) is 5.69 Å². The van der Waals surface area contributed by atoms with E-state index >= 15 is 0 Å². The zero-order valence-electron chi connectivity index (χ0n) is 15.6. The molecule has 1 N–H and O–H groups in total. The van der Waals surface area contributed by atoms with E-state index in [-0.39, 0.29) is 5.91 Å². The predicted molar refractivity (Wildman–Crippen MR) is 98.9 cm³/mol. The van der Waals surface area contributed by atoms with E-state index in [1.54, 1.807) is 13.0 Å². The second kappa shape index (κ2) is 8.01. The van der Waals surface area contributed by atoms with Gasteiger partial charge in [-0.1, -0.05) is 19.1 Å². The molecule has 2 aromatic rings. The molecule has 0 unspecified atom stereocenters. The normalized spacial score (nSPS) is 11.9. The molecule has 0 aliphatic carbocycles. The maximum Gasteiger partial charge on any atom is 0.340 e. The number of amides is 1. The van der Waals surface area contributed by atoms with Crippen LogP contribution in [-0.4, -0.2) is 22.5 Å². The van der Waals surface area contributed by atoms with Crippen molar-refractivity contribution in [1.82, 2.24) is 4.57 Å². The van der Waals surface area contributed by atoms with Crippen molar-refractivity contribution in [3.8, 4) is 0 Å². The molecule has 0 bridgehead atoms. The first-order chi connectivity index (χ1) is 11.9. The molecule has 1 atom stereocenters. The number of hydrogen-bond acceptors (Lipinski definition) is 3. The highest BCUT2D eigenvalue weighted by molar-refractivity contribution is 5.97. The first-order valence-corrected chi connectivity index (χ1v) is 8.64. The van der Waals surface area contributed by atoms with E-state index in [4.69, 9.17) is 4.74 Å². The molecule has 0 saturated carbocycles. The average Bonchev–Trinajstić information content (AvgIpc) is 2.89. The van der Waals surface area contributed by atoms with E-state index in [1.165, 1.54) is 5.56 Å². The Labute approximate surface area is 149 Å². The second-order valence-corrected chi connectivity index (χ2v) is 6.12. The van der Waals surface area contributed by atoms with Crippen LogP contribution >= 0.6 is 0 Å². The lowest BCUT2D eigenvalue weighted by Crippen LogP contribution is -2.30. The number of ether oxygens (including phenoxy) is 1. The summed E-state index contributed by atoms with van der Waals surface area (Å²) in [6.07, 6.45) is 0.0707. The Morgan fingerprint density at radius 2 is 1.80 bits per heavy atom. The number of rotatable bonds is 6. The lowest BCUT2D eigenvalue weighted by molar-refractivity contribution is -0.123. The molecule has 0 radical (unpaired) electrons. The van der Waals surface area contributed by atoms with Crippen LogP contribution < -0.4 is 5.32 Å². The summed E-state index contributed by atoms with van der Waals surface area (Å²) >= 11 is 0. The van der Waals surface area contributed by atoms with Crippen molar-refractivity contribution < 1.29 is 14.3 Å². The molecule has 0 aliphatic heterocycles. The quantitative estimate of drug-likeness (QED) is 0.811. The van der Waals surface area contributed by atoms with Gasteiger partial charge in [0.1, 0.15) is 0 Å². The highest BCUT2D eigenvalue weighted by Gasteiger charge is 2.22. The monoisotopic (exact) mass is 342 g/mol. The lowest BCUT2D eigenvalue weighted by atomic mass is 10.1. The van der Waals surface area contributed by atoms with Crippen molar-refractivity contribution >= 4 is 17.6 Å². The number of esters is 1. The summed E-state index contributed by atoms with van der Waals surface area (Å²) in [4.78, 5) is 24.6. The fourth-order valence-corrected chi connectivity index (χ4v) is 2.84. The van der Waals surface area contributed by atoms with Gasteiger partial charge in [0.05, 0.1) is 5.56 Å². The summed E-state index contributed by atoms with van der Waals surface area (Å²) < 4.78 is 7.38. The van der Waals surface area contributed by atoms with Crippen LogP contribution in [0.2, 0.25) is 0 Å². The highest BCUT2D eigenvalue weighted by Crippen LogP contribution is 2.17. The smallest absolute Gasteiger partial charge is 0.340 e. The van der Waals surface area contributed by atoms with Gasteiger partial charge in [-0.25, -0.2) is 4.79 Å². The summed E-state index contributed by atoms with van der Waals surface area (Å²) in [7, 11) is 0. The summed E-state index contributed by atoms with van der Waals surface area (Å²) in [6, 6.07) is 9.42. The van der Waals surface area contributed by atoms with E-state index in [1.807, 2.05) is 49.6 Å². The Morgan fingerprint density at radius 1 is 1.16 bits per heavy atom. The molecular formula is C20H26N2O3. The molecule has 1 aromatic heterocycles. The molecule has 1 aromatic carbocycles. The van der Waals surface area contributed by atoms with Gasteiger partial charge in [-0.3, -0.25) is 4.79 Å². The summed E-state index contributed by atoms with van der Waals surface area (Å²) in [6.45, 7) is 10.3. The average molecular weight is 342 g/mol. The number of aromatic nitrogens is 1. The molecular weight excluding hydrogens is 316 g/mol. The van der Waals surface area contributed by atoms with Crippen LogP contribution in [0.15, 0.2) is 30.3 Å². The largest absolute Gasteiger partial charge is 0.449 e. The van der Waals surface area contributed by atoms with Crippen molar-refractivity contribution in [2.24, 2.45) is 0 Å². The number of carbonyl (C=O) groups is 2. The number of aryl methyl sites for hydroxylation is 2. The van der Waals surface area contributed by atoms with Crippen LogP contribution in [0.25, 0.3) is 0 Å². The van der Waals surface area contributed by atoms with Gasteiger partial charge in [0.25, 0.3) is 5.91 Å². The standard InChI is InChI=1S/C20H26N2O3/c1-6-16-8-10-17(11-9-16)21-19(23)15(5)25-20(24)18-12-13(3)22(7-2)14(18)4/h8-12,15H,6-7H2,1-5H3,(H,21,23)/t15-/m0/s1. The molecule has 1 amide bonds. The summed E-state index contributed by atoms with van der Waals surface area (Å²) in [5.41, 5.74) is 4.25. The molecule has 5 heteroatoms. The summed E-state index contributed by atoms with van der Waals surface area (Å²) in [5.74, 6) is -0.821. The van der Waals surface area contributed by atoms with Crippen molar-refractivity contribution in [3.63, 3.8) is 0 Å². The van der Waals surface area contributed by atoms with Gasteiger partial charge < -0.3 is 14.6 Å². The number of hydrogen-bond donors (Lipinski definition) is 1. The SMILES string of the molecule is CCc1ccc(NC(=O)[C@H](C)OC(=O)c2cc(C)n(CC)c2C)cc1. The first kappa shape index (κ1) is 18.8. The van der Waals surface area contributed by atoms with Crippen molar-refractivity contribution in [1.29, 1.82) is 0 Å². The molecule has 1 heterocycles. The lowest BCUT2D eigenvalue weighted by Gasteiger charge is -2.14. The van der Waals surface area contributed by atoms with E-state index in [9.17, 15) is 9.59 Å². The maximum atomic E-state index is 12.4. The van der Waals surface area contributed by atoms with E-state index < -0.39 is 12.1 Å². The van der Waals surface area contributed by atoms with Crippen LogP contribution in [0.3, 0.4) is 0 Å². The Morgan fingerprint density at radius 3 is 2.32 bits per heavy atom. The first-order valence-electron chi connectivity index (χ1n) is 8.64. The van der Waals surface area contributed by atoms with Crippen molar-refractivity contribution in [3.05, 3.63) is 52.8 Å². The van der Waals surface area contributed by atoms with Crippen LogP contribution in [-0.2, 0) is 22.5 Å². The van der Waals surface area contributed by atoms with Gasteiger partial charge >= 0.3 is 5.97 Å². The fraction of sp³-hybridized carbons (Fsp3) is 0.400. The Hall–Kier alpha value is -2.56. The molecule has 134 valence electrons. The van der Waals surface area contributed by atoms with Gasteiger partial charge in [-0.2, -0.15) is 0 Å². The Balaban J connectivity index is 2.01. The Bertz CT molecular complexity index is 760. The molecule has 0 aliphatic rings. The van der Waals surface area contributed by atoms with Crippen LogP contribution in [0.5, 0.6) is 0 Å². The third-order valence-electron chi connectivity index (χ3n) is 4.39. The minimum absolute atomic E-state index is 0.345. The molecule has 2 rings (SSSR count). The Kier molecular flexibility index (Phi) is 6.02. The van der Waals surface area contributed by atoms with Crippen molar-refractivity contribution in [2.45, 2.75) is 53.7 Å². The molecule has 0 fully saturated rings. The minimum Gasteiger partial charge on any atom is -0.449 e. The van der Waals surface area contributed by atoms with Gasteiger partial charge in [0.15, 0.2) is 6.10 Å². The number of carbonyl (C=O) groups excluding carboxylic acids is 2. The van der Waals surface area contributed by atoms with Gasteiger partial charge in [-0.05, 0) is 57.9 Å². The van der Waals surface area contributed by atoms with Crippen LogP contribution in [0, 0.1) is 13.8 Å². The maximum absolute atomic E-state index is 12.4. The van der Waals surface area contributed by atoms with Gasteiger partial charge in [0.2, 0.25) is 0 Å². The molecule has 0 spiro atoms. The topological polar surface area (TPSA) is 60.3 Å². The third-order valence-corrected chi connectivity index (χ3v) is 4.39. The highest BCUT2D eigenvalue weighted by atomic mass is 16.5. The number of nitrogens with one attached hydrogen (secondary N) is 1. The second-order valence-electron chi connectivity index (χ2n) is 6.12. The van der Waals surface area contributed by atoms with Crippen LogP contribution in [0.1, 0.15) is 48.1 Å². The molecule has 0 saturated heterocycles. The van der Waals surface area contributed by atoms with Gasteiger partial charge in [0, 0.05) is 23.6 Å². The minimum atomic E-state index is -0.872. The molecule has 25 heavy (non-hydrogen) atoms. The van der Waals surface area contributed by atoms with Gasteiger partial charge in [-0.15, -0.1) is 0 Å². The van der Waals surface area contributed by atoms with E-state index in [0.717, 1.165) is 24.4 Å². The number of nitrogens with zero attached hydrogens (tertiary/aromatic N) is 1. The van der Waals surface area contributed by atoms with Crippen molar-refractivity contribution in [2.75, 3.05) is 5.32 Å².